The van der Waals surface area contributed by atoms with Crippen LogP contribution in [0.2, 0.25) is 5.02 Å². The summed E-state index contributed by atoms with van der Waals surface area (Å²) in [5.74, 6) is -0.315. The Morgan fingerprint density at radius 2 is 2.17 bits per heavy atom. The maximum absolute atomic E-state index is 14.0. The predicted molar refractivity (Wildman–Crippen MR) is 70.3 cm³/mol. The van der Waals surface area contributed by atoms with Gasteiger partial charge in [0.2, 0.25) is 0 Å². The van der Waals surface area contributed by atoms with Crippen LogP contribution < -0.4 is 5.32 Å². The van der Waals surface area contributed by atoms with Crippen LogP contribution in [0.25, 0.3) is 0 Å². The summed E-state index contributed by atoms with van der Waals surface area (Å²) in [5.41, 5.74) is 2.36. The highest BCUT2D eigenvalue weighted by atomic mass is 35.5. The average molecular weight is 268 g/mol. The van der Waals surface area contributed by atoms with Crippen molar-refractivity contribution in [1.82, 2.24) is 15.1 Å². The molecule has 0 radical (unpaired) electrons. The molecule has 0 saturated heterocycles. The van der Waals surface area contributed by atoms with Crippen LogP contribution in [0.4, 0.5) is 4.39 Å². The molecular weight excluding hydrogens is 253 g/mol. The van der Waals surface area contributed by atoms with Crippen molar-refractivity contribution in [2.45, 2.75) is 13.0 Å². The second-order valence-corrected chi connectivity index (χ2v) is 4.57. The summed E-state index contributed by atoms with van der Waals surface area (Å²) in [6.07, 6.45) is 1.74. The van der Waals surface area contributed by atoms with Gasteiger partial charge in [-0.05, 0) is 26.1 Å². The standard InChI is InChI=1S/C13H15ClFN3/c1-8-9(7-17-18(8)3)13(16-2)12-10(14)5-4-6-11(12)15/h4-7,13,16H,1-3H3. The van der Waals surface area contributed by atoms with Crippen LogP contribution in [0, 0.1) is 12.7 Å². The van der Waals surface area contributed by atoms with E-state index in [1.54, 1.807) is 30.1 Å². The van der Waals surface area contributed by atoms with Crippen LogP contribution in [0.3, 0.4) is 0 Å². The molecule has 0 aliphatic heterocycles. The Morgan fingerprint density at radius 3 is 2.67 bits per heavy atom. The second-order valence-electron chi connectivity index (χ2n) is 4.17. The van der Waals surface area contributed by atoms with Gasteiger partial charge in [0.25, 0.3) is 0 Å². The molecule has 0 amide bonds. The molecule has 0 aliphatic rings. The van der Waals surface area contributed by atoms with Gasteiger partial charge in [0, 0.05) is 28.9 Å². The molecule has 0 bridgehead atoms. The Hall–Kier alpha value is -1.39. The van der Waals surface area contributed by atoms with Crippen molar-refractivity contribution in [3.63, 3.8) is 0 Å². The van der Waals surface area contributed by atoms with E-state index < -0.39 is 0 Å². The minimum absolute atomic E-state index is 0.299. The van der Waals surface area contributed by atoms with E-state index >= 15 is 0 Å². The van der Waals surface area contributed by atoms with Gasteiger partial charge in [0.1, 0.15) is 5.82 Å². The van der Waals surface area contributed by atoms with E-state index in [1.165, 1.54) is 6.07 Å². The number of benzene rings is 1. The van der Waals surface area contributed by atoms with Crippen LogP contribution in [-0.2, 0) is 7.05 Å². The van der Waals surface area contributed by atoms with Crippen LogP contribution in [0.5, 0.6) is 0 Å². The molecule has 1 aromatic heterocycles. The topological polar surface area (TPSA) is 29.9 Å². The molecule has 96 valence electrons. The molecule has 2 aromatic rings. The van der Waals surface area contributed by atoms with Crippen LogP contribution in [0.15, 0.2) is 24.4 Å². The third-order valence-corrected chi connectivity index (χ3v) is 3.49. The summed E-state index contributed by atoms with van der Waals surface area (Å²) in [6, 6.07) is 4.41. The van der Waals surface area contributed by atoms with Crippen molar-refractivity contribution in [1.29, 1.82) is 0 Å². The molecule has 0 spiro atoms. The van der Waals surface area contributed by atoms with Crippen LogP contribution in [-0.4, -0.2) is 16.8 Å². The zero-order valence-corrected chi connectivity index (χ0v) is 11.3. The molecule has 1 heterocycles. The van der Waals surface area contributed by atoms with Crippen molar-refractivity contribution >= 4 is 11.6 Å². The molecule has 2 rings (SSSR count). The first-order valence-electron chi connectivity index (χ1n) is 5.66. The van der Waals surface area contributed by atoms with Crippen molar-refractivity contribution < 1.29 is 4.39 Å². The number of halogens is 2. The fourth-order valence-corrected chi connectivity index (χ4v) is 2.31. The fraction of sp³-hybridized carbons (Fsp3) is 0.308. The smallest absolute Gasteiger partial charge is 0.129 e. The lowest BCUT2D eigenvalue weighted by atomic mass is 9.99. The molecule has 1 unspecified atom stereocenters. The number of nitrogens with one attached hydrogen (secondary N) is 1. The molecule has 0 fully saturated rings. The molecule has 3 nitrogen and oxygen atoms in total. The maximum atomic E-state index is 14.0. The maximum Gasteiger partial charge on any atom is 0.129 e. The quantitative estimate of drug-likeness (QED) is 0.927. The molecule has 1 aromatic carbocycles. The van der Waals surface area contributed by atoms with Crippen molar-refractivity contribution in [3.8, 4) is 0 Å². The highest BCUT2D eigenvalue weighted by Gasteiger charge is 2.22. The first kappa shape index (κ1) is 13.1. The Bertz CT molecular complexity index is 545. The summed E-state index contributed by atoms with van der Waals surface area (Å²) in [5, 5.41) is 7.69. The highest BCUT2D eigenvalue weighted by molar-refractivity contribution is 6.31. The summed E-state index contributed by atoms with van der Waals surface area (Å²) in [7, 11) is 3.63. The van der Waals surface area contributed by atoms with Gasteiger partial charge < -0.3 is 5.32 Å². The average Bonchev–Trinajstić information content (AvgIpc) is 2.66. The normalized spacial score (nSPS) is 12.7. The van der Waals surface area contributed by atoms with Gasteiger partial charge in [0.05, 0.1) is 12.2 Å². The number of aromatic nitrogens is 2. The fourth-order valence-electron chi connectivity index (χ4n) is 2.04. The molecule has 0 saturated carbocycles. The number of nitrogens with zero attached hydrogens (tertiary/aromatic N) is 2. The highest BCUT2D eigenvalue weighted by Crippen LogP contribution is 2.31. The number of rotatable bonds is 3. The minimum atomic E-state index is -0.315. The Morgan fingerprint density at radius 1 is 1.44 bits per heavy atom. The summed E-state index contributed by atoms with van der Waals surface area (Å²) in [4.78, 5) is 0. The molecule has 1 atom stereocenters. The number of hydrogen-bond acceptors (Lipinski definition) is 2. The van der Waals surface area contributed by atoms with Crippen LogP contribution >= 0.6 is 11.6 Å². The minimum Gasteiger partial charge on any atom is -0.309 e. The number of aryl methyl sites for hydroxylation is 1. The zero-order chi connectivity index (χ0) is 13.3. The third kappa shape index (κ3) is 2.13. The van der Waals surface area contributed by atoms with Gasteiger partial charge in [-0.1, -0.05) is 17.7 Å². The van der Waals surface area contributed by atoms with Crippen molar-refractivity contribution in [3.05, 3.63) is 52.1 Å². The summed E-state index contributed by atoms with van der Waals surface area (Å²) >= 11 is 6.10. The Labute approximate surface area is 111 Å². The van der Waals surface area contributed by atoms with E-state index in [2.05, 4.69) is 10.4 Å². The van der Waals surface area contributed by atoms with Crippen LogP contribution in [0.1, 0.15) is 22.9 Å². The van der Waals surface area contributed by atoms with Crippen molar-refractivity contribution in [2.75, 3.05) is 7.05 Å². The summed E-state index contributed by atoms with van der Waals surface area (Å²) in [6.45, 7) is 1.95. The number of hydrogen-bond donors (Lipinski definition) is 1. The lowest BCUT2D eigenvalue weighted by molar-refractivity contribution is 0.574. The predicted octanol–water partition coefficient (Wildman–Crippen LogP) is 2.83. The van der Waals surface area contributed by atoms with Gasteiger partial charge in [-0.15, -0.1) is 0 Å². The van der Waals surface area contributed by atoms with Gasteiger partial charge in [-0.25, -0.2) is 4.39 Å². The van der Waals surface area contributed by atoms with E-state index in [-0.39, 0.29) is 11.9 Å². The SMILES string of the molecule is CNC(c1cnn(C)c1C)c1c(F)cccc1Cl. The van der Waals surface area contributed by atoms with Gasteiger partial charge >= 0.3 is 0 Å². The molecule has 0 aliphatic carbocycles. The lowest BCUT2D eigenvalue weighted by Gasteiger charge is -2.18. The van der Waals surface area contributed by atoms with E-state index in [0.717, 1.165) is 11.3 Å². The monoisotopic (exact) mass is 267 g/mol. The van der Waals surface area contributed by atoms with Crippen molar-refractivity contribution in [2.24, 2.45) is 7.05 Å². The third-order valence-electron chi connectivity index (χ3n) is 3.16. The van der Waals surface area contributed by atoms with Gasteiger partial charge in [0.15, 0.2) is 0 Å². The largest absolute Gasteiger partial charge is 0.309 e. The zero-order valence-electron chi connectivity index (χ0n) is 10.5. The van der Waals surface area contributed by atoms with Gasteiger partial charge in [-0.2, -0.15) is 5.10 Å². The molecule has 5 heteroatoms. The van der Waals surface area contributed by atoms with E-state index in [9.17, 15) is 4.39 Å². The second kappa shape index (κ2) is 5.08. The molecule has 1 N–H and O–H groups in total. The molecule has 18 heavy (non-hydrogen) atoms. The Kier molecular flexibility index (Phi) is 3.68. The van der Waals surface area contributed by atoms with E-state index in [4.69, 9.17) is 11.6 Å². The van der Waals surface area contributed by atoms with E-state index in [0.29, 0.717) is 10.6 Å². The van der Waals surface area contributed by atoms with E-state index in [1.807, 2.05) is 14.0 Å². The summed E-state index contributed by atoms with van der Waals surface area (Å²) < 4.78 is 15.7. The Balaban J connectivity index is 2.56. The first-order valence-corrected chi connectivity index (χ1v) is 6.03. The molecular formula is C13H15ClFN3. The first-order chi connectivity index (χ1) is 8.56. The van der Waals surface area contributed by atoms with Gasteiger partial charge in [-0.3, -0.25) is 4.68 Å². The lowest BCUT2D eigenvalue weighted by Crippen LogP contribution is -2.20.